The number of hydrogen-bond donors (Lipinski definition) is 1. The zero-order chi connectivity index (χ0) is 16.1. The molecule has 0 saturated carbocycles. The Balaban J connectivity index is 2.24. The van der Waals surface area contributed by atoms with E-state index in [0.29, 0.717) is 17.9 Å². The van der Waals surface area contributed by atoms with Crippen LogP contribution in [0, 0.1) is 13.8 Å². The zero-order valence-corrected chi connectivity index (χ0v) is 13.0. The smallest absolute Gasteiger partial charge is 0.345 e. The van der Waals surface area contributed by atoms with Crippen LogP contribution in [0.3, 0.4) is 0 Å². The van der Waals surface area contributed by atoms with Crippen LogP contribution >= 0.6 is 0 Å². The van der Waals surface area contributed by atoms with Gasteiger partial charge in [-0.15, -0.1) is 0 Å². The van der Waals surface area contributed by atoms with Gasteiger partial charge in [0, 0.05) is 6.42 Å². The van der Waals surface area contributed by atoms with E-state index < -0.39 is 12.1 Å². The molecule has 2 rings (SSSR count). The lowest BCUT2D eigenvalue weighted by molar-refractivity contribution is -0.145. The minimum absolute atomic E-state index is 0.306. The van der Waals surface area contributed by atoms with Crippen molar-refractivity contribution in [1.29, 1.82) is 0 Å². The van der Waals surface area contributed by atoms with E-state index in [1.807, 2.05) is 38.1 Å². The lowest BCUT2D eigenvalue weighted by Crippen LogP contribution is -2.29. The molecule has 0 aliphatic rings. The Morgan fingerprint density at radius 3 is 2.41 bits per heavy atom. The summed E-state index contributed by atoms with van der Waals surface area (Å²) < 4.78 is 10.9. The van der Waals surface area contributed by atoms with Gasteiger partial charge in [0.05, 0.1) is 7.11 Å². The molecule has 0 aromatic heterocycles. The second-order valence-corrected chi connectivity index (χ2v) is 5.16. The first kappa shape index (κ1) is 15.9. The maximum atomic E-state index is 11.5. The normalized spacial score (nSPS) is 11.8. The van der Waals surface area contributed by atoms with Crippen molar-refractivity contribution in [2.75, 3.05) is 7.11 Å². The summed E-state index contributed by atoms with van der Waals surface area (Å²) >= 11 is 0. The van der Waals surface area contributed by atoms with E-state index in [2.05, 4.69) is 0 Å². The number of carboxylic acid groups (broad SMARTS) is 1. The van der Waals surface area contributed by atoms with Crippen LogP contribution in [-0.2, 0) is 11.2 Å². The summed E-state index contributed by atoms with van der Waals surface area (Å²) in [7, 11) is 1.53. The van der Waals surface area contributed by atoms with Crippen molar-refractivity contribution in [3.63, 3.8) is 0 Å². The van der Waals surface area contributed by atoms with Gasteiger partial charge in [0.1, 0.15) is 0 Å². The highest BCUT2D eigenvalue weighted by Gasteiger charge is 2.22. The Bertz CT molecular complexity index is 664. The predicted molar refractivity (Wildman–Crippen MR) is 84.7 cm³/mol. The van der Waals surface area contributed by atoms with Crippen LogP contribution in [0.15, 0.2) is 42.5 Å². The van der Waals surface area contributed by atoms with Gasteiger partial charge in [-0.2, -0.15) is 0 Å². The molecule has 0 unspecified atom stereocenters. The van der Waals surface area contributed by atoms with Gasteiger partial charge in [0.15, 0.2) is 17.6 Å². The topological polar surface area (TPSA) is 55.8 Å². The molecule has 0 heterocycles. The van der Waals surface area contributed by atoms with Gasteiger partial charge in [0.25, 0.3) is 0 Å². The monoisotopic (exact) mass is 300 g/mol. The highest BCUT2D eigenvalue weighted by atomic mass is 16.5. The number of carboxylic acids is 1. The van der Waals surface area contributed by atoms with Crippen LogP contribution in [0.4, 0.5) is 0 Å². The third-order valence-corrected chi connectivity index (χ3v) is 3.74. The van der Waals surface area contributed by atoms with Crippen LogP contribution in [0.2, 0.25) is 0 Å². The Hall–Kier alpha value is -2.49. The van der Waals surface area contributed by atoms with Gasteiger partial charge in [-0.05, 0) is 42.7 Å². The molecule has 0 saturated heterocycles. The fourth-order valence-electron chi connectivity index (χ4n) is 2.28. The summed E-state index contributed by atoms with van der Waals surface area (Å²) in [6.07, 6.45) is -0.655. The summed E-state index contributed by atoms with van der Waals surface area (Å²) in [6, 6.07) is 12.9. The van der Waals surface area contributed by atoms with Gasteiger partial charge >= 0.3 is 5.97 Å². The average Bonchev–Trinajstić information content (AvgIpc) is 2.51. The summed E-state index contributed by atoms with van der Waals surface area (Å²) in [6.45, 7) is 4.00. The summed E-state index contributed by atoms with van der Waals surface area (Å²) in [5.41, 5.74) is 3.21. The highest BCUT2D eigenvalue weighted by Crippen LogP contribution is 2.28. The Labute approximate surface area is 130 Å². The van der Waals surface area contributed by atoms with Crippen molar-refractivity contribution in [3.8, 4) is 11.5 Å². The SMILES string of the molecule is COc1ccccc1O[C@@H](Cc1cccc(C)c1C)C(=O)O. The standard InChI is InChI=1S/C18H20O4/c1-12-7-6-8-14(13(12)2)11-17(18(19)20)22-16-10-5-4-9-15(16)21-3/h4-10,17H,11H2,1-3H3,(H,19,20)/t17-/m0/s1. The molecule has 4 heteroatoms. The molecule has 4 nitrogen and oxygen atoms in total. The van der Waals surface area contributed by atoms with Crippen molar-refractivity contribution in [2.45, 2.75) is 26.4 Å². The van der Waals surface area contributed by atoms with Crippen LogP contribution in [0.1, 0.15) is 16.7 Å². The predicted octanol–water partition coefficient (Wildman–Crippen LogP) is 3.39. The molecular weight excluding hydrogens is 280 g/mol. The molecule has 22 heavy (non-hydrogen) atoms. The van der Waals surface area contributed by atoms with E-state index >= 15 is 0 Å². The molecule has 1 N–H and O–H groups in total. The number of hydrogen-bond acceptors (Lipinski definition) is 3. The van der Waals surface area contributed by atoms with Crippen LogP contribution in [-0.4, -0.2) is 24.3 Å². The summed E-state index contributed by atoms with van der Waals surface area (Å²) in [4.78, 5) is 11.5. The lowest BCUT2D eigenvalue weighted by atomic mass is 9.98. The molecule has 0 amide bonds. The first-order chi connectivity index (χ1) is 10.5. The maximum absolute atomic E-state index is 11.5. The molecule has 116 valence electrons. The number of para-hydroxylation sites is 2. The molecule has 0 aliphatic carbocycles. The van der Waals surface area contributed by atoms with Gasteiger partial charge in [0.2, 0.25) is 0 Å². The first-order valence-corrected chi connectivity index (χ1v) is 7.10. The number of benzene rings is 2. The van der Waals surface area contributed by atoms with Gasteiger partial charge in [-0.1, -0.05) is 30.3 Å². The quantitative estimate of drug-likeness (QED) is 0.888. The molecule has 1 atom stereocenters. The fraction of sp³-hybridized carbons (Fsp3) is 0.278. The van der Waals surface area contributed by atoms with Crippen molar-refractivity contribution in [2.24, 2.45) is 0 Å². The molecule has 0 bridgehead atoms. The van der Waals surface area contributed by atoms with Crippen molar-refractivity contribution >= 4 is 5.97 Å². The molecule has 0 spiro atoms. The molecule has 0 fully saturated rings. The molecule has 2 aromatic rings. The number of methoxy groups -OCH3 is 1. The zero-order valence-electron chi connectivity index (χ0n) is 13.0. The Morgan fingerprint density at radius 2 is 1.77 bits per heavy atom. The van der Waals surface area contributed by atoms with Crippen molar-refractivity contribution in [3.05, 3.63) is 59.2 Å². The number of rotatable bonds is 6. The van der Waals surface area contributed by atoms with Gasteiger partial charge in [-0.25, -0.2) is 4.79 Å². The molecule has 0 aliphatic heterocycles. The lowest BCUT2D eigenvalue weighted by Gasteiger charge is -2.18. The second kappa shape index (κ2) is 6.98. The average molecular weight is 300 g/mol. The number of aliphatic carboxylic acids is 1. The van der Waals surface area contributed by atoms with E-state index in [-0.39, 0.29) is 0 Å². The van der Waals surface area contributed by atoms with Crippen LogP contribution < -0.4 is 9.47 Å². The van der Waals surface area contributed by atoms with Gasteiger partial charge < -0.3 is 14.6 Å². The van der Waals surface area contributed by atoms with Crippen LogP contribution in [0.25, 0.3) is 0 Å². The highest BCUT2D eigenvalue weighted by molar-refractivity contribution is 5.73. The van der Waals surface area contributed by atoms with E-state index in [0.717, 1.165) is 16.7 Å². The fourth-order valence-corrected chi connectivity index (χ4v) is 2.28. The van der Waals surface area contributed by atoms with E-state index in [1.54, 1.807) is 18.2 Å². The van der Waals surface area contributed by atoms with Crippen molar-refractivity contribution < 1.29 is 19.4 Å². The number of carbonyl (C=O) groups is 1. The van der Waals surface area contributed by atoms with E-state index in [4.69, 9.17) is 9.47 Å². The van der Waals surface area contributed by atoms with Crippen molar-refractivity contribution in [1.82, 2.24) is 0 Å². The van der Waals surface area contributed by atoms with E-state index in [9.17, 15) is 9.90 Å². The largest absolute Gasteiger partial charge is 0.493 e. The summed E-state index contributed by atoms with van der Waals surface area (Å²) in [5, 5.41) is 9.45. The van der Waals surface area contributed by atoms with E-state index in [1.165, 1.54) is 7.11 Å². The first-order valence-electron chi connectivity index (χ1n) is 7.10. The minimum atomic E-state index is -0.994. The van der Waals surface area contributed by atoms with Crippen LogP contribution in [0.5, 0.6) is 11.5 Å². The Kier molecular flexibility index (Phi) is 5.04. The molecule has 0 radical (unpaired) electrons. The molecule has 2 aromatic carbocycles. The maximum Gasteiger partial charge on any atom is 0.345 e. The molecular formula is C18H20O4. The van der Waals surface area contributed by atoms with Gasteiger partial charge in [-0.3, -0.25) is 0 Å². The third kappa shape index (κ3) is 3.58. The summed E-state index contributed by atoms with van der Waals surface area (Å²) in [5.74, 6) is -0.0377. The number of aryl methyl sites for hydroxylation is 1. The third-order valence-electron chi connectivity index (χ3n) is 3.74. The number of ether oxygens (including phenoxy) is 2. The second-order valence-electron chi connectivity index (χ2n) is 5.16. The minimum Gasteiger partial charge on any atom is -0.493 e. The Morgan fingerprint density at radius 1 is 1.09 bits per heavy atom.